The number of phosphoric acid groups is 2. The zero-order valence-electron chi connectivity index (χ0n) is 69.3. The molecule has 0 aliphatic heterocycles. The molecule has 5 atom stereocenters. The zero-order valence-corrected chi connectivity index (χ0v) is 71.0. The van der Waals surface area contributed by atoms with Gasteiger partial charge in [0.05, 0.1) is 26.4 Å². The third-order valence-corrected chi connectivity index (χ3v) is 18.6. The number of phosphoric ester groups is 2. The highest BCUT2D eigenvalue weighted by molar-refractivity contribution is 7.47. The van der Waals surface area contributed by atoms with Crippen LogP contribution in [0, 0.1) is 0 Å². The van der Waals surface area contributed by atoms with Gasteiger partial charge >= 0.3 is 39.5 Å². The molecule has 3 N–H and O–H groups in total. The van der Waals surface area contributed by atoms with E-state index < -0.39 is 97.5 Å². The van der Waals surface area contributed by atoms with Crippen molar-refractivity contribution in [1.29, 1.82) is 0 Å². The number of aliphatic hydroxyl groups excluding tert-OH is 1. The van der Waals surface area contributed by atoms with Crippen LogP contribution < -0.4 is 0 Å². The van der Waals surface area contributed by atoms with Crippen LogP contribution in [0.2, 0.25) is 0 Å². The van der Waals surface area contributed by atoms with Gasteiger partial charge in [0.2, 0.25) is 0 Å². The maximum absolute atomic E-state index is 13.2. The second-order valence-corrected chi connectivity index (χ2v) is 30.1. The van der Waals surface area contributed by atoms with Crippen LogP contribution in [0.5, 0.6) is 0 Å². The van der Waals surface area contributed by atoms with E-state index in [0.29, 0.717) is 32.1 Å². The lowest BCUT2D eigenvalue weighted by Crippen LogP contribution is -2.30. The predicted octanol–water partition coefficient (Wildman–Crippen LogP) is 25.4. The number of hydrogen-bond donors (Lipinski definition) is 3. The third kappa shape index (κ3) is 81.6. The molecule has 632 valence electrons. The van der Waals surface area contributed by atoms with Crippen molar-refractivity contribution < 1.29 is 80.2 Å². The maximum Gasteiger partial charge on any atom is 0.472 e. The lowest BCUT2D eigenvalue weighted by atomic mass is 10.1. The first kappa shape index (κ1) is 106. The van der Waals surface area contributed by atoms with Crippen LogP contribution >= 0.6 is 15.6 Å². The molecule has 0 aromatic rings. The molecule has 0 bridgehead atoms. The van der Waals surface area contributed by atoms with Gasteiger partial charge in [-0.05, 0) is 186 Å². The van der Waals surface area contributed by atoms with Crippen LogP contribution in [-0.2, 0) is 65.4 Å². The van der Waals surface area contributed by atoms with E-state index in [1.807, 2.05) is 0 Å². The van der Waals surface area contributed by atoms with Gasteiger partial charge in [-0.1, -0.05) is 292 Å². The molecule has 0 spiro atoms. The SMILES string of the molecule is CC/C=C\C/C=C\C/C=C\C/C=C\C/C=C\CCCCCC(=O)OCC(COP(=O)(O)OCC(O)COP(=O)(O)OCC(COC(=O)CCCCCCCC/C=C\C/C=C\C/C=C\C/C=C\CC)OC(=O)CCCCCCCC/C=C\C/C=C\C/C=C\C/C=C\CC)OC(=O)CCCC/C=C\C/C=C\C/C=C\C/C=C\CC. The summed E-state index contributed by atoms with van der Waals surface area (Å²) in [6, 6.07) is 0. The number of esters is 4. The molecule has 5 unspecified atom stereocenters. The first-order valence-electron chi connectivity index (χ1n) is 42.3. The van der Waals surface area contributed by atoms with Crippen molar-refractivity contribution in [3.05, 3.63) is 207 Å². The average Bonchev–Trinajstić information content (AvgIpc) is 0.898. The van der Waals surface area contributed by atoms with E-state index in [1.165, 1.54) is 0 Å². The smallest absolute Gasteiger partial charge is 0.462 e. The van der Waals surface area contributed by atoms with E-state index in [1.54, 1.807) is 0 Å². The fourth-order valence-corrected chi connectivity index (χ4v) is 12.0. The van der Waals surface area contributed by atoms with Crippen molar-refractivity contribution in [3.8, 4) is 0 Å². The minimum Gasteiger partial charge on any atom is -0.462 e. The molecule has 19 heteroatoms. The molecule has 0 fully saturated rings. The van der Waals surface area contributed by atoms with Crippen LogP contribution in [0.25, 0.3) is 0 Å². The molecule has 0 radical (unpaired) electrons. The summed E-state index contributed by atoms with van der Waals surface area (Å²) >= 11 is 0. The van der Waals surface area contributed by atoms with E-state index in [-0.39, 0.29) is 25.7 Å². The highest BCUT2D eigenvalue weighted by atomic mass is 31.2. The molecule has 0 heterocycles. The van der Waals surface area contributed by atoms with Gasteiger partial charge in [0.25, 0.3) is 0 Å². The van der Waals surface area contributed by atoms with Crippen molar-refractivity contribution in [2.24, 2.45) is 0 Å². The summed E-state index contributed by atoms with van der Waals surface area (Å²) in [5, 5.41) is 10.7. The Labute approximate surface area is 678 Å². The van der Waals surface area contributed by atoms with Crippen molar-refractivity contribution in [1.82, 2.24) is 0 Å². The van der Waals surface area contributed by atoms with Gasteiger partial charge in [-0.15, -0.1) is 0 Å². The third-order valence-electron chi connectivity index (χ3n) is 16.7. The minimum atomic E-state index is -5.01. The monoisotopic (exact) mass is 1600 g/mol. The molecule has 0 amide bonds. The Hall–Kier alpha value is -6.36. The molecule has 0 aliphatic rings. The molecule has 0 aromatic carbocycles. The van der Waals surface area contributed by atoms with Gasteiger partial charge in [-0.3, -0.25) is 37.3 Å². The Morgan fingerprint density at radius 3 is 0.696 bits per heavy atom. The Morgan fingerprint density at radius 1 is 0.250 bits per heavy atom. The van der Waals surface area contributed by atoms with Gasteiger partial charge in [0, 0.05) is 25.7 Å². The summed E-state index contributed by atoms with van der Waals surface area (Å²) in [6.07, 6.45) is 104. The molecular weight excluding hydrogens is 1450 g/mol. The van der Waals surface area contributed by atoms with Crippen molar-refractivity contribution in [3.63, 3.8) is 0 Å². The second-order valence-electron chi connectivity index (χ2n) is 27.2. The van der Waals surface area contributed by atoms with Crippen LogP contribution in [0.1, 0.15) is 297 Å². The normalized spacial score (nSPS) is 14.8. The molecule has 0 aromatic heterocycles. The van der Waals surface area contributed by atoms with Crippen LogP contribution in [0.15, 0.2) is 207 Å². The van der Waals surface area contributed by atoms with Gasteiger partial charge < -0.3 is 33.8 Å². The predicted molar refractivity (Wildman–Crippen MR) is 463 cm³/mol. The van der Waals surface area contributed by atoms with Crippen molar-refractivity contribution in [2.45, 2.75) is 316 Å². The van der Waals surface area contributed by atoms with Gasteiger partial charge in [-0.2, -0.15) is 0 Å². The Bertz CT molecular complexity index is 2940. The first-order chi connectivity index (χ1) is 54.7. The Balaban J connectivity index is 5.49. The highest BCUT2D eigenvalue weighted by Crippen LogP contribution is 2.45. The second kappa shape index (κ2) is 82.6. The summed E-state index contributed by atoms with van der Waals surface area (Å²) < 4.78 is 68.7. The van der Waals surface area contributed by atoms with E-state index in [9.17, 15) is 43.2 Å². The summed E-state index contributed by atoms with van der Waals surface area (Å²) in [5.74, 6) is -2.31. The summed E-state index contributed by atoms with van der Waals surface area (Å²) in [7, 11) is -10.0. The quantitative estimate of drug-likeness (QED) is 0.0169. The molecule has 0 aliphatic carbocycles. The minimum absolute atomic E-state index is 0.0263. The molecule has 112 heavy (non-hydrogen) atoms. The Morgan fingerprint density at radius 2 is 0.438 bits per heavy atom. The molecule has 0 saturated heterocycles. The fraction of sp³-hybridized carbons (Fsp3) is 0.591. The van der Waals surface area contributed by atoms with Crippen molar-refractivity contribution in [2.75, 3.05) is 39.6 Å². The fourth-order valence-electron chi connectivity index (χ4n) is 10.5. The number of aliphatic hydroxyl groups is 1. The number of carbonyl (C=O) groups excluding carboxylic acids is 4. The van der Waals surface area contributed by atoms with Crippen LogP contribution in [-0.4, -0.2) is 96.7 Å². The molecule has 0 saturated carbocycles. The highest BCUT2D eigenvalue weighted by Gasteiger charge is 2.30. The van der Waals surface area contributed by atoms with E-state index >= 15 is 0 Å². The lowest BCUT2D eigenvalue weighted by molar-refractivity contribution is -0.161. The summed E-state index contributed by atoms with van der Waals surface area (Å²) in [6.45, 7) is 4.29. The van der Waals surface area contributed by atoms with E-state index in [0.717, 1.165) is 212 Å². The summed E-state index contributed by atoms with van der Waals surface area (Å²) in [4.78, 5) is 73.3. The van der Waals surface area contributed by atoms with Gasteiger partial charge in [-0.25, -0.2) is 9.13 Å². The number of hydrogen-bond acceptors (Lipinski definition) is 15. The Kier molecular flexibility index (Phi) is 77.9. The molecule has 0 rings (SSSR count). The van der Waals surface area contributed by atoms with E-state index in [4.69, 9.17) is 37.0 Å². The topological polar surface area (TPSA) is 237 Å². The first-order valence-corrected chi connectivity index (χ1v) is 45.3. The van der Waals surface area contributed by atoms with Gasteiger partial charge in [0.1, 0.15) is 19.3 Å². The molecular formula is C93H148O17P2. The zero-order chi connectivity index (χ0) is 81.7. The number of allylic oxidation sites excluding steroid dienone is 34. The van der Waals surface area contributed by atoms with E-state index in [2.05, 4.69) is 234 Å². The number of ether oxygens (including phenoxy) is 4. The number of rotatable bonds is 77. The number of carbonyl (C=O) groups is 4. The lowest BCUT2D eigenvalue weighted by Gasteiger charge is -2.21. The van der Waals surface area contributed by atoms with Crippen molar-refractivity contribution >= 4 is 39.5 Å². The standard InChI is InChI=1S/C93H148O17P2/c1-5-9-13-17-21-25-29-33-37-40-43-46-50-53-57-61-65-69-73-77-90(95)103-83-88(109-92(97)79-75-71-67-63-59-55-49-36-32-28-24-20-16-12-8-4)85-107-111(99,100)105-81-87(94)82-106-112(101,102)108-86-89(110-93(98)80-76-72-68-64-60-56-52-48-45-42-39-35-31-27-23-19-15-11-7-3)84-104-91(96)78-74-70-66-62-58-54-51-47-44-41-38-34-30-26-22-18-14-10-6-2/h9-16,21-28,33-39,43-49,53,57,59,63,87-89,94H,5-8,17-20,29-32,40-42,50-52,54-56,58,60-62,64-86H2,1-4H3,(H,99,100)(H,101,102)/b13-9-,14-10-,15-11-,16-12-,25-21-,26-22-,27-23-,28-24-,37-33-,38-34-,39-35-,46-43-,47-44-,48-45-,49-36-,57-53-,63-59-. The van der Waals surface area contributed by atoms with Gasteiger partial charge in [0.15, 0.2) is 12.2 Å². The maximum atomic E-state index is 13.2. The molecule has 17 nitrogen and oxygen atoms in total. The average molecular weight is 1600 g/mol. The summed E-state index contributed by atoms with van der Waals surface area (Å²) in [5.41, 5.74) is 0. The largest absolute Gasteiger partial charge is 0.472 e. The van der Waals surface area contributed by atoms with Crippen LogP contribution in [0.3, 0.4) is 0 Å². The van der Waals surface area contributed by atoms with Crippen LogP contribution in [0.4, 0.5) is 0 Å². The number of unbranched alkanes of at least 4 members (excludes halogenated alkanes) is 17.